The molecule has 5 nitrogen and oxygen atoms in total. The molecule has 20 heavy (non-hydrogen) atoms. The molecule has 0 fully saturated rings. The number of hydrogen-bond donors (Lipinski definition) is 1. The third-order valence-electron chi connectivity index (χ3n) is 2.76. The van der Waals surface area contributed by atoms with Gasteiger partial charge in [-0.2, -0.15) is 5.10 Å². The minimum atomic E-state index is 0.685. The summed E-state index contributed by atoms with van der Waals surface area (Å²) in [6.07, 6.45) is 2.65. The van der Waals surface area contributed by atoms with Gasteiger partial charge in [-0.3, -0.25) is 5.43 Å². The van der Waals surface area contributed by atoms with E-state index in [1.54, 1.807) is 6.21 Å². The molecule has 104 valence electrons. The lowest BCUT2D eigenvalue weighted by atomic mass is 10.2. The van der Waals surface area contributed by atoms with Gasteiger partial charge in [0.15, 0.2) is 11.5 Å². The van der Waals surface area contributed by atoms with E-state index in [1.165, 1.54) is 11.3 Å². The van der Waals surface area contributed by atoms with E-state index in [9.17, 15) is 0 Å². The first-order valence-corrected chi connectivity index (χ1v) is 7.30. The highest BCUT2D eigenvalue weighted by Crippen LogP contribution is 2.29. The predicted octanol–water partition coefficient (Wildman–Crippen LogP) is 3.06. The summed E-state index contributed by atoms with van der Waals surface area (Å²) >= 11 is 1.53. The van der Waals surface area contributed by atoms with Crippen molar-refractivity contribution in [3.8, 4) is 11.5 Å². The van der Waals surface area contributed by atoms with Crippen molar-refractivity contribution < 1.29 is 9.47 Å². The fourth-order valence-electron chi connectivity index (χ4n) is 1.83. The number of hydrazone groups is 1. The van der Waals surface area contributed by atoms with Gasteiger partial charge in [-0.05, 0) is 30.7 Å². The number of benzene rings is 1. The lowest BCUT2D eigenvalue weighted by Crippen LogP contribution is -1.97. The van der Waals surface area contributed by atoms with E-state index < -0.39 is 0 Å². The number of aryl methyl sites for hydroxylation is 1. The molecule has 0 aliphatic carbocycles. The van der Waals surface area contributed by atoms with Crippen LogP contribution in [0.15, 0.2) is 28.7 Å². The molecular formula is C14H15N3O2S. The summed E-state index contributed by atoms with van der Waals surface area (Å²) in [5, 5.41) is 6.94. The highest BCUT2D eigenvalue weighted by molar-refractivity contribution is 7.13. The van der Waals surface area contributed by atoms with Crippen molar-refractivity contribution >= 4 is 22.7 Å². The van der Waals surface area contributed by atoms with E-state index in [2.05, 4.69) is 15.5 Å². The summed E-state index contributed by atoms with van der Waals surface area (Å²) in [7, 11) is 0. The quantitative estimate of drug-likeness (QED) is 0.697. The molecule has 1 aliphatic heterocycles. The molecule has 2 aromatic rings. The number of hydrogen-bond acceptors (Lipinski definition) is 6. The van der Waals surface area contributed by atoms with Crippen LogP contribution in [0.2, 0.25) is 0 Å². The van der Waals surface area contributed by atoms with Gasteiger partial charge in [-0.15, -0.1) is 11.3 Å². The summed E-state index contributed by atoms with van der Waals surface area (Å²) in [5.41, 5.74) is 4.85. The van der Waals surface area contributed by atoms with Crippen LogP contribution >= 0.6 is 11.3 Å². The Labute approximate surface area is 121 Å². The normalized spacial score (nSPS) is 14.2. The fraction of sp³-hybridized carbons (Fsp3) is 0.286. The third kappa shape index (κ3) is 3.08. The van der Waals surface area contributed by atoms with Crippen LogP contribution < -0.4 is 14.9 Å². The Morgan fingerprint density at radius 3 is 2.95 bits per heavy atom. The highest BCUT2D eigenvalue weighted by Gasteiger charge is 2.09. The average Bonchev–Trinajstić information content (AvgIpc) is 2.73. The van der Waals surface area contributed by atoms with Crippen LogP contribution in [0.5, 0.6) is 11.5 Å². The molecule has 0 saturated heterocycles. The molecule has 1 N–H and O–H groups in total. The number of rotatable bonds is 3. The van der Waals surface area contributed by atoms with Crippen LogP contribution in [0.3, 0.4) is 0 Å². The average molecular weight is 289 g/mol. The lowest BCUT2D eigenvalue weighted by molar-refractivity contribution is 0.297. The number of nitrogens with zero attached hydrogens (tertiary/aromatic N) is 2. The molecule has 3 rings (SSSR count). The van der Waals surface area contributed by atoms with Crippen molar-refractivity contribution in [1.29, 1.82) is 0 Å². The molecule has 2 heterocycles. The van der Waals surface area contributed by atoms with E-state index in [4.69, 9.17) is 9.47 Å². The van der Waals surface area contributed by atoms with Crippen LogP contribution in [0.25, 0.3) is 0 Å². The Bertz CT molecular complexity index is 625. The largest absolute Gasteiger partial charge is 0.490 e. The van der Waals surface area contributed by atoms with Crippen LogP contribution in [0, 0.1) is 6.92 Å². The first-order chi connectivity index (χ1) is 9.81. The highest BCUT2D eigenvalue weighted by atomic mass is 32.1. The number of fused-ring (bicyclic) bond motifs is 1. The molecular weight excluding hydrogens is 274 g/mol. The molecule has 0 unspecified atom stereocenters. The number of ether oxygens (including phenoxy) is 2. The summed E-state index contributed by atoms with van der Waals surface area (Å²) in [5.74, 6) is 1.57. The Morgan fingerprint density at radius 2 is 2.15 bits per heavy atom. The van der Waals surface area contributed by atoms with Crippen molar-refractivity contribution in [1.82, 2.24) is 4.98 Å². The molecule has 1 aromatic carbocycles. The summed E-state index contributed by atoms with van der Waals surface area (Å²) in [6.45, 7) is 3.34. The topological polar surface area (TPSA) is 55.7 Å². The molecule has 0 spiro atoms. The van der Waals surface area contributed by atoms with Crippen LogP contribution in [0.1, 0.15) is 17.7 Å². The fourth-order valence-corrected chi connectivity index (χ4v) is 2.46. The smallest absolute Gasteiger partial charge is 0.203 e. The zero-order valence-electron chi connectivity index (χ0n) is 11.1. The van der Waals surface area contributed by atoms with Crippen molar-refractivity contribution in [2.24, 2.45) is 5.10 Å². The molecule has 1 aliphatic rings. The molecule has 0 amide bonds. The number of nitrogens with one attached hydrogen (secondary N) is 1. The van der Waals surface area contributed by atoms with E-state index in [0.29, 0.717) is 13.2 Å². The Hall–Kier alpha value is -2.08. The van der Waals surface area contributed by atoms with Gasteiger partial charge in [-0.25, -0.2) is 4.98 Å². The van der Waals surface area contributed by atoms with Gasteiger partial charge in [0.1, 0.15) is 0 Å². The van der Waals surface area contributed by atoms with Crippen LogP contribution in [-0.4, -0.2) is 24.4 Å². The Morgan fingerprint density at radius 1 is 1.30 bits per heavy atom. The molecule has 0 radical (unpaired) electrons. The third-order valence-corrected chi connectivity index (χ3v) is 3.63. The summed E-state index contributed by atoms with van der Waals surface area (Å²) in [6, 6.07) is 5.79. The second-order valence-electron chi connectivity index (χ2n) is 4.42. The molecule has 6 heteroatoms. The Balaban J connectivity index is 1.69. The second-order valence-corrected chi connectivity index (χ2v) is 5.28. The molecule has 0 atom stereocenters. The van der Waals surface area contributed by atoms with Gasteiger partial charge >= 0.3 is 0 Å². The van der Waals surface area contributed by atoms with Gasteiger partial charge in [0.25, 0.3) is 0 Å². The Kier molecular flexibility index (Phi) is 3.83. The van der Waals surface area contributed by atoms with Crippen molar-refractivity contribution in [2.75, 3.05) is 18.6 Å². The first kappa shape index (κ1) is 12.9. The van der Waals surface area contributed by atoms with Crippen molar-refractivity contribution in [3.63, 3.8) is 0 Å². The molecule has 0 bridgehead atoms. The van der Waals surface area contributed by atoms with Crippen LogP contribution in [-0.2, 0) is 0 Å². The maximum atomic E-state index is 5.64. The van der Waals surface area contributed by atoms with E-state index >= 15 is 0 Å². The number of thiazole rings is 1. The minimum Gasteiger partial charge on any atom is -0.490 e. The van der Waals surface area contributed by atoms with Gasteiger partial charge in [-0.1, -0.05) is 0 Å². The summed E-state index contributed by atoms with van der Waals surface area (Å²) < 4.78 is 11.2. The maximum absolute atomic E-state index is 5.64. The van der Waals surface area contributed by atoms with Gasteiger partial charge in [0.2, 0.25) is 5.13 Å². The van der Waals surface area contributed by atoms with E-state index in [1.807, 2.05) is 30.5 Å². The predicted molar refractivity (Wildman–Crippen MR) is 80.1 cm³/mol. The zero-order valence-corrected chi connectivity index (χ0v) is 11.9. The zero-order chi connectivity index (χ0) is 13.8. The number of anilines is 1. The van der Waals surface area contributed by atoms with Crippen LogP contribution in [0.4, 0.5) is 5.13 Å². The van der Waals surface area contributed by atoms with Crippen molar-refractivity contribution in [2.45, 2.75) is 13.3 Å². The monoisotopic (exact) mass is 289 g/mol. The molecule has 0 saturated carbocycles. The summed E-state index contributed by atoms with van der Waals surface area (Å²) in [4.78, 5) is 4.27. The van der Waals surface area contributed by atoms with Crippen molar-refractivity contribution in [3.05, 3.63) is 34.8 Å². The van der Waals surface area contributed by atoms with Gasteiger partial charge in [0.05, 0.1) is 25.1 Å². The van der Waals surface area contributed by atoms with E-state index in [0.717, 1.165) is 34.3 Å². The SMILES string of the molecule is Cc1csc(NN=Cc2ccc3c(c2)OCCCO3)n1. The standard InChI is InChI=1S/C14H15N3O2S/c1-10-9-20-14(16-10)17-15-8-11-3-4-12-13(7-11)19-6-2-5-18-12/h3-4,7-9H,2,5-6H2,1H3,(H,16,17). The van der Waals surface area contributed by atoms with Gasteiger partial charge < -0.3 is 9.47 Å². The second kappa shape index (κ2) is 5.92. The van der Waals surface area contributed by atoms with Gasteiger partial charge in [0, 0.05) is 11.8 Å². The molecule has 1 aromatic heterocycles. The van der Waals surface area contributed by atoms with E-state index in [-0.39, 0.29) is 0 Å². The first-order valence-electron chi connectivity index (χ1n) is 6.42. The minimum absolute atomic E-state index is 0.685. The number of aromatic nitrogens is 1. The lowest BCUT2D eigenvalue weighted by Gasteiger charge is -2.07. The maximum Gasteiger partial charge on any atom is 0.203 e.